The van der Waals surface area contributed by atoms with Crippen molar-refractivity contribution in [2.24, 2.45) is 5.90 Å². The fraction of sp³-hybridized carbons (Fsp3) is 0.455. The van der Waals surface area contributed by atoms with E-state index in [-0.39, 0.29) is 24.7 Å². The van der Waals surface area contributed by atoms with E-state index in [0.717, 1.165) is 6.07 Å². The molecule has 0 saturated carbocycles. The summed E-state index contributed by atoms with van der Waals surface area (Å²) in [6.07, 6.45) is -3.96. The monoisotopic (exact) mass is 263 g/mol. The molecule has 1 aliphatic rings. The minimum atomic E-state index is -4.49. The van der Waals surface area contributed by atoms with Crippen LogP contribution in [-0.2, 0) is 17.6 Å². The maximum atomic E-state index is 12.8. The van der Waals surface area contributed by atoms with Gasteiger partial charge in [0.2, 0.25) is 0 Å². The number of rotatable bonds is 2. The zero-order valence-corrected chi connectivity index (χ0v) is 9.42. The Labute approximate surface area is 101 Å². The second kappa shape index (κ2) is 5.03. The predicted molar refractivity (Wildman–Crippen MR) is 56.0 cm³/mol. The molecule has 0 aromatic heterocycles. The summed E-state index contributed by atoms with van der Waals surface area (Å²) < 4.78 is 49.0. The van der Waals surface area contributed by atoms with Crippen molar-refractivity contribution in [3.63, 3.8) is 0 Å². The van der Waals surface area contributed by atoms with Gasteiger partial charge in [-0.05, 0) is 6.07 Å². The van der Waals surface area contributed by atoms with Crippen LogP contribution in [0.4, 0.5) is 13.2 Å². The summed E-state index contributed by atoms with van der Waals surface area (Å²) in [7, 11) is 0. The first-order chi connectivity index (χ1) is 8.54. The van der Waals surface area contributed by atoms with Crippen molar-refractivity contribution < 1.29 is 27.5 Å². The fourth-order valence-electron chi connectivity index (χ4n) is 1.74. The number of hydrogen-bond donors (Lipinski definition) is 1. The average molecular weight is 263 g/mol. The van der Waals surface area contributed by atoms with Crippen molar-refractivity contribution in [3.8, 4) is 11.5 Å². The standard InChI is InChI=1S/C11H12F3NO3/c12-11(13,14)8-3-2-7(6-18-15)9-10(8)17-5-1-4-16-9/h2-3H,1,4-6,15H2. The van der Waals surface area contributed by atoms with Crippen LogP contribution in [-0.4, -0.2) is 13.2 Å². The molecule has 18 heavy (non-hydrogen) atoms. The summed E-state index contributed by atoms with van der Waals surface area (Å²) in [5, 5.41) is 0. The number of alkyl halides is 3. The molecule has 0 amide bonds. The van der Waals surface area contributed by atoms with Crippen molar-refractivity contribution in [2.75, 3.05) is 13.2 Å². The molecule has 2 N–H and O–H groups in total. The molecule has 7 heteroatoms. The van der Waals surface area contributed by atoms with Crippen LogP contribution in [0.25, 0.3) is 0 Å². The van der Waals surface area contributed by atoms with Gasteiger partial charge in [0.15, 0.2) is 11.5 Å². The van der Waals surface area contributed by atoms with Gasteiger partial charge in [-0.25, -0.2) is 5.90 Å². The third-order valence-electron chi connectivity index (χ3n) is 2.52. The molecule has 1 aromatic rings. The Morgan fingerprint density at radius 1 is 1.17 bits per heavy atom. The van der Waals surface area contributed by atoms with E-state index in [2.05, 4.69) is 4.84 Å². The van der Waals surface area contributed by atoms with E-state index in [1.165, 1.54) is 6.07 Å². The van der Waals surface area contributed by atoms with E-state index >= 15 is 0 Å². The summed E-state index contributed by atoms with van der Waals surface area (Å²) in [4.78, 5) is 4.44. The Hall–Kier alpha value is -1.47. The molecular weight excluding hydrogens is 251 g/mol. The second-order valence-electron chi connectivity index (χ2n) is 3.79. The van der Waals surface area contributed by atoms with E-state index in [1.807, 2.05) is 0 Å². The smallest absolute Gasteiger partial charge is 0.420 e. The van der Waals surface area contributed by atoms with Gasteiger partial charge in [0, 0.05) is 12.0 Å². The maximum Gasteiger partial charge on any atom is 0.420 e. The molecule has 0 atom stereocenters. The first-order valence-electron chi connectivity index (χ1n) is 5.34. The van der Waals surface area contributed by atoms with Crippen LogP contribution >= 0.6 is 0 Å². The van der Waals surface area contributed by atoms with E-state index in [4.69, 9.17) is 15.4 Å². The Morgan fingerprint density at radius 3 is 2.44 bits per heavy atom. The lowest BCUT2D eigenvalue weighted by Gasteiger charge is -2.17. The maximum absolute atomic E-state index is 12.8. The molecule has 0 bridgehead atoms. The Bertz CT molecular complexity index is 434. The third kappa shape index (κ3) is 2.51. The molecule has 2 rings (SSSR count). The molecule has 100 valence electrons. The average Bonchev–Trinajstić information content (AvgIpc) is 2.53. The lowest BCUT2D eigenvalue weighted by atomic mass is 10.1. The lowest BCUT2D eigenvalue weighted by molar-refractivity contribution is -0.139. The Balaban J connectivity index is 2.52. The van der Waals surface area contributed by atoms with Crippen LogP contribution in [0.15, 0.2) is 12.1 Å². The molecule has 0 radical (unpaired) electrons. The molecule has 4 nitrogen and oxygen atoms in total. The van der Waals surface area contributed by atoms with Crippen LogP contribution in [0.2, 0.25) is 0 Å². The Morgan fingerprint density at radius 2 is 1.83 bits per heavy atom. The molecule has 1 heterocycles. The van der Waals surface area contributed by atoms with Crippen molar-refractivity contribution >= 4 is 0 Å². The molecule has 0 aliphatic carbocycles. The van der Waals surface area contributed by atoms with Crippen molar-refractivity contribution in [1.82, 2.24) is 0 Å². The van der Waals surface area contributed by atoms with Gasteiger partial charge >= 0.3 is 6.18 Å². The van der Waals surface area contributed by atoms with Crippen LogP contribution in [0.5, 0.6) is 11.5 Å². The highest BCUT2D eigenvalue weighted by molar-refractivity contribution is 5.53. The zero-order chi connectivity index (χ0) is 13.2. The van der Waals surface area contributed by atoms with Crippen LogP contribution < -0.4 is 15.4 Å². The van der Waals surface area contributed by atoms with E-state index in [9.17, 15) is 13.2 Å². The van der Waals surface area contributed by atoms with Gasteiger partial charge in [-0.15, -0.1) is 0 Å². The minimum Gasteiger partial charge on any atom is -0.489 e. The number of halogens is 3. The topological polar surface area (TPSA) is 53.7 Å². The number of hydrogen-bond acceptors (Lipinski definition) is 4. The minimum absolute atomic E-state index is 0.0379. The van der Waals surface area contributed by atoms with Crippen LogP contribution in [0.3, 0.4) is 0 Å². The highest BCUT2D eigenvalue weighted by atomic mass is 19.4. The van der Waals surface area contributed by atoms with Crippen LogP contribution in [0.1, 0.15) is 17.5 Å². The molecule has 0 unspecified atom stereocenters. The quantitative estimate of drug-likeness (QED) is 0.831. The molecular formula is C11H12F3NO3. The van der Waals surface area contributed by atoms with Gasteiger partial charge in [0.1, 0.15) is 5.56 Å². The van der Waals surface area contributed by atoms with E-state index < -0.39 is 11.7 Å². The molecule has 1 aliphatic heterocycles. The molecule has 0 spiro atoms. The van der Waals surface area contributed by atoms with Crippen LogP contribution in [0, 0.1) is 0 Å². The number of benzene rings is 1. The number of nitrogens with two attached hydrogens (primary N) is 1. The summed E-state index contributed by atoms with van der Waals surface area (Å²) in [5.74, 6) is 4.72. The van der Waals surface area contributed by atoms with Gasteiger partial charge < -0.3 is 9.47 Å². The molecule has 0 fully saturated rings. The van der Waals surface area contributed by atoms with Gasteiger partial charge in [0.25, 0.3) is 0 Å². The van der Waals surface area contributed by atoms with Gasteiger partial charge in [-0.3, -0.25) is 4.84 Å². The number of fused-ring (bicyclic) bond motifs is 1. The van der Waals surface area contributed by atoms with Crippen molar-refractivity contribution in [1.29, 1.82) is 0 Å². The summed E-state index contributed by atoms with van der Waals surface area (Å²) in [5.41, 5.74) is -0.414. The molecule has 1 aromatic carbocycles. The van der Waals surface area contributed by atoms with Gasteiger partial charge in [-0.1, -0.05) is 6.07 Å². The lowest BCUT2D eigenvalue weighted by Crippen LogP contribution is -2.10. The third-order valence-corrected chi connectivity index (χ3v) is 2.52. The van der Waals surface area contributed by atoms with Crippen molar-refractivity contribution in [2.45, 2.75) is 19.2 Å². The summed E-state index contributed by atoms with van der Waals surface area (Å²) in [6.45, 7) is 0.443. The highest BCUT2D eigenvalue weighted by Crippen LogP contribution is 2.44. The van der Waals surface area contributed by atoms with Gasteiger partial charge in [-0.2, -0.15) is 13.2 Å². The van der Waals surface area contributed by atoms with E-state index in [0.29, 0.717) is 18.6 Å². The zero-order valence-electron chi connectivity index (χ0n) is 9.42. The Kier molecular flexibility index (Phi) is 3.63. The van der Waals surface area contributed by atoms with Crippen molar-refractivity contribution in [3.05, 3.63) is 23.3 Å². The predicted octanol–water partition coefficient (Wildman–Crippen LogP) is 2.26. The first-order valence-corrected chi connectivity index (χ1v) is 5.34. The summed E-state index contributed by atoms with van der Waals surface area (Å²) in [6, 6.07) is 2.23. The summed E-state index contributed by atoms with van der Waals surface area (Å²) >= 11 is 0. The highest BCUT2D eigenvalue weighted by Gasteiger charge is 2.37. The normalized spacial score (nSPS) is 15.3. The van der Waals surface area contributed by atoms with Gasteiger partial charge in [0.05, 0.1) is 19.8 Å². The second-order valence-corrected chi connectivity index (χ2v) is 3.79. The SMILES string of the molecule is NOCc1ccc(C(F)(F)F)c2c1OCCCO2. The van der Waals surface area contributed by atoms with E-state index in [1.54, 1.807) is 0 Å². The fourth-order valence-corrected chi connectivity index (χ4v) is 1.74. The first kappa shape index (κ1) is 13.0. The molecule has 0 saturated heterocycles. The largest absolute Gasteiger partial charge is 0.489 e. The number of ether oxygens (including phenoxy) is 2.